The molecule has 1 aliphatic rings. The smallest absolute Gasteiger partial charge is 0.259 e. The predicted molar refractivity (Wildman–Crippen MR) is 90.0 cm³/mol. The van der Waals surface area contributed by atoms with E-state index in [-0.39, 0.29) is 17.2 Å². The first-order valence-corrected chi connectivity index (χ1v) is 7.62. The fraction of sp³-hybridized carbons (Fsp3) is 0.294. The number of amides is 1. The molecule has 6 heteroatoms. The number of carbonyl (C=O) groups is 1. The van der Waals surface area contributed by atoms with Gasteiger partial charge < -0.3 is 20.2 Å². The molecule has 1 aliphatic heterocycles. The van der Waals surface area contributed by atoms with Crippen molar-refractivity contribution in [2.24, 2.45) is 0 Å². The van der Waals surface area contributed by atoms with Crippen LogP contribution in [0.2, 0.25) is 0 Å². The van der Waals surface area contributed by atoms with Crippen LogP contribution >= 0.6 is 0 Å². The van der Waals surface area contributed by atoms with Gasteiger partial charge in [-0.25, -0.2) is 4.98 Å². The minimum atomic E-state index is -0.350. The van der Waals surface area contributed by atoms with Crippen LogP contribution < -0.4 is 10.2 Å². The zero-order valence-electron chi connectivity index (χ0n) is 13.1. The highest BCUT2D eigenvalue weighted by atomic mass is 16.3. The first-order valence-electron chi connectivity index (χ1n) is 7.62. The van der Waals surface area contributed by atoms with Gasteiger partial charge in [0.1, 0.15) is 11.6 Å². The van der Waals surface area contributed by atoms with Crippen molar-refractivity contribution in [3.63, 3.8) is 0 Å². The highest BCUT2D eigenvalue weighted by molar-refractivity contribution is 6.06. The number of hydrogen-bond acceptors (Lipinski definition) is 5. The Balaban J connectivity index is 1.66. The van der Waals surface area contributed by atoms with Gasteiger partial charge in [-0.3, -0.25) is 4.79 Å². The number of rotatable bonds is 3. The van der Waals surface area contributed by atoms with E-state index in [9.17, 15) is 9.90 Å². The van der Waals surface area contributed by atoms with Crippen LogP contribution in [0.15, 0.2) is 42.6 Å². The summed E-state index contributed by atoms with van der Waals surface area (Å²) in [6, 6.07) is 10.2. The summed E-state index contributed by atoms with van der Waals surface area (Å²) in [6.07, 6.45) is 1.64. The monoisotopic (exact) mass is 312 g/mol. The van der Waals surface area contributed by atoms with E-state index in [1.807, 2.05) is 12.1 Å². The molecule has 0 radical (unpaired) electrons. The van der Waals surface area contributed by atoms with Gasteiger partial charge in [-0.15, -0.1) is 0 Å². The number of nitrogens with one attached hydrogen (secondary N) is 1. The average molecular weight is 312 g/mol. The van der Waals surface area contributed by atoms with Gasteiger partial charge in [0.15, 0.2) is 0 Å². The van der Waals surface area contributed by atoms with E-state index in [1.165, 1.54) is 6.07 Å². The number of nitrogens with zero attached hydrogens (tertiary/aromatic N) is 3. The summed E-state index contributed by atoms with van der Waals surface area (Å²) in [5.41, 5.74) is 0.853. The van der Waals surface area contributed by atoms with Crippen molar-refractivity contribution in [1.29, 1.82) is 0 Å². The fourth-order valence-corrected chi connectivity index (χ4v) is 2.55. The van der Waals surface area contributed by atoms with Gasteiger partial charge in [0.25, 0.3) is 5.91 Å². The van der Waals surface area contributed by atoms with Crippen LogP contribution in [-0.4, -0.2) is 54.1 Å². The maximum Gasteiger partial charge on any atom is 0.259 e. The first kappa shape index (κ1) is 15.3. The molecule has 0 unspecified atom stereocenters. The van der Waals surface area contributed by atoms with Crippen LogP contribution in [0.4, 0.5) is 11.5 Å². The maximum atomic E-state index is 12.1. The molecule has 0 saturated carbocycles. The molecule has 2 aromatic rings. The molecule has 6 nitrogen and oxygen atoms in total. The number of para-hydroxylation sites is 1. The van der Waals surface area contributed by atoms with E-state index < -0.39 is 0 Å². The number of benzene rings is 1. The van der Waals surface area contributed by atoms with Crippen molar-refractivity contribution in [3.05, 3.63) is 48.2 Å². The number of aromatic nitrogens is 1. The number of carbonyl (C=O) groups excluding carboxylic acids is 1. The molecule has 120 valence electrons. The van der Waals surface area contributed by atoms with Crippen molar-refractivity contribution < 1.29 is 9.90 Å². The number of phenols is 1. The molecule has 1 aromatic carbocycles. The molecule has 1 aromatic heterocycles. The number of pyridine rings is 1. The number of hydrogen-bond donors (Lipinski definition) is 2. The summed E-state index contributed by atoms with van der Waals surface area (Å²) in [5, 5.41) is 12.5. The second-order valence-corrected chi connectivity index (χ2v) is 5.67. The molecular weight excluding hydrogens is 292 g/mol. The molecule has 1 saturated heterocycles. The Hall–Kier alpha value is -2.60. The minimum Gasteiger partial charge on any atom is -0.507 e. The van der Waals surface area contributed by atoms with Crippen LogP contribution in [0, 0.1) is 0 Å². The van der Waals surface area contributed by atoms with Gasteiger partial charge in [0.2, 0.25) is 0 Å². The van der Waals surface area contributed by atoms with Gasteiger partial charge >= 0.3 is 0 Å². The lowest BCUT2D eigenvalue weighted by atomic mass is 10.2. The molecule has 1 amide bonds. The lowest BCUT2D eigenvalue weighted by Crippen LogP contribution is -2.44. The molecule has 2 N–H and O–H groups in total. The molecule has 2 heterocycles. The Kier molecular flexibility index (Phi) is 4.43. The normalized spacial score (nSPS) is 15.4. The third kappa shape index (κ3) is 3.60. The highest BCUT2D eigenvalue weighted by Crippen LogP contribution is 2.19. The fourth-order valence-electron chi connectivity index (χ4n) is 2.55. The van der Waals surface area contributed by atoms with Gasteiger partial charge in [0.05, 0.1) is 17.4 Å². The Morgan fingerprint density at radius 3 is 2.52 bits per heavy atom. The third-order valence-corrected chi connectivity index (χ3v) is 3.98. The number of piperazine rings is 1. The number of aromatic hydroxyl groups is 1. The number of phenolic OH excluding ortho intramolecular Hbond substituents is 1. The van der Waals surface area contributed by atoms with Gasteiger partial charge in [0, 0.05) is 26.2 Å². The topological polar surface area (TPSA) is 68.7 Å². The van der Waals surface area contributed by atoms with Crippen molar-refractivity contribution >= 4 is 17.4 Å². The van der Waals surface area contributed by atoms with Crippen LogP contribution in [0.25, 0.3) is 0 Å². The molecule has 1 fully saturated rings. The summed E-state index contributed by atoms with van der Waals surface area (Å²) < 4.78 is 0. The molecule has 0 aliphatic carbocycles. The molecule has 0 spiro atoms. The Morgan fingerprint density at radius 2 is 1.87 bits per heavy atom. The van der Waals surface area contributed by atoms with E-state index in [1.54, 1.807) is 24.4 Å². The summed E-state index contributed by atoms with van der Waals surface area (Å²) in [5.74, 6) is 0.530. The molecule has 23 heavy (non-hydrogen) atoms. The standard InChI is InChI=1S/C17H20N4O2/c1-20-8-10-21(11-9-20)16-7-6-13(12-18-16)19-17(23)14-4-2-3-5-15(14)22/h2-7,12,22H,8-11H2,1H3,(H,19,23). The van der Waals surface area contributed by atoms with E-state index in [2.05, 4.69) is 27.1 Å². The van der Waals surface area contributed by atoms with Crippen molar-refractivity contribution in [3.8, 4) is 5.75 Å². The lowest BCUT2D eigenvalue weighted by molar-refractivity contribution is 0.102. The van der Waals surface area contributed by atoms with Crippen LogP contribution in [0.3, 0.4) is 0 Å². The predicted octanol–water partition coefficient (Wildman–Crippen LogP) is 1.79. The summed E-state index contributed by atoms with van der Waals surface area (Å²) in [4.78, 5) is 21.1. The van der Waals surface area contributed by atoms with Crippen molar-refractivity contribution in [1.82, 2.24) is 9.88 Å². The summed E-state index contributed by atoms with van der Waals surface area (Å²) >= 11 is 0. The first-order chi connectivity index (χ1) is 11.1. The summed E-state index contributed by atoms with van der Waals surface area (Å²) in [7, 11) is 2.11. The minimum absolute atomic E-state index is 0.0352. The average Bonchev–Trinajstić information content (AvgIpc) is 2.57. The van der Waals surface area contributed by atoms with E-state index in [0.717, 1.165) is 32.0 Å². The van der Waals surface area contributed by atoms with Crippen LogP contribution in [0.1, 0.15) is 10.4 Å². The van der Waals surface area contributed by atoms with E-state index in [0.29, 0.717) is 5.69 Å². The van der Waals surface area contributed by atoms with Gasteiger partial charge in [-0.2, -0.15) is 0 Å². The van der Waals surface area contributed by atoms with Gasteiger partial charge in [-0.1, -0.05) is 12.1 Å². The lowest BCUT2D eigenvalue weighted by Gasteiger charge is -2.33. The SMILES string of the molecule is CN1CCN(c2ccc(NC(=O)c3ccccc3O)cn2)CC1. The quantitative estimate of drug-likeness (QED) is 0.904. The zero-order valence-corrected chi connectivity index (χ0v) is 13.1. The van der Waals surface area contributed by atoms with Gasteiger partial charge in [-0.05, 0) is 31.3 Å². The Morgan fingerprint density at radius 1 is 1.13 bits per heavy atom. The van der Waals surface area contributed by atoms with Crippen molar-refractivity contribution in [2.45, 2.75) is 0 Å². The molecule has 0 bridgehead atoms. The van der Waals surface area contributed by atoms with Crippen LogP contribution in [-0.2, 0) is 0 Å². The van der Waals surface area contributed by atoms with E-state index in [4.69, 9.17) is 0 Å². The number of anilines is 2. The number of likely N-dealkylation sites (N-methyl/N-ethyl adjacent to an activating group) is 1. The third-order valence-electron chi connectivity index (χ3n) is 3.98. The molecular formula is C17H20N4O2. The Bertz CT molecular complexity index is 679. The highest BCUT2D eigenvalue weighted by Gasteiger charge is 2.15. The largest absolute Gasteiger partial charge is 0.507 e. The van der Waals surface area contributed by atoms with Crippen molar-refractivity contribution in [2.75, 3.05) is 43.4 Å². The van der Waals surface area contributed by atoms with Crippen LogP contribution in [0.5, 0.6) is 5.75 Å². The molecule has 0 atom stereocenters. The second kappa shape index (κ2) is 6.66. The molecule has 3 rings (SSSR count). The Labute approximate surface area is 135 Å². The summed E-state index contributed by atoms with van der Waals surface area (Å²) in [6.45, 7) is 3.95. The zero-order chi connectivity index (χ0) is 16.2. The maximum absolute atomic E-state index is 12.1. The second-order valence-electron chi connectivity index (χ2n) is 5.67. The van der Waals surface area contributed by atoms with E-state index >= 15 is 0 Å².